The molecule has 0 bridgehead atoms. The van der Waals surface area contributed by atoms with Crippen molar-refractivity contribution in [3.05, 3.63) is 77.9 Å². The predicted molar refractivity (Wildman–Crippen MR) is 139 cm³/mol. The van der Waals surface area contributed by atoms with Gasteiger partial charge in [-0.15, -0.1) is 10.2 Å². The van der Waals surface area contributed by atoms with Crippen molar-refractivity contribution in [2.45, 2.75) is 26.8 Å². The van der Waals surface area contributed by atoms with E-state index < -0.39 is 0 Å². The number of ether oxygens (including phenoxy) is 2. The van der Waals surface area contributed by atoms with Gasteiger partial charge in [-0.3, -0.25) is 0 Å². The first-order valence-corrected chi connectivity index (χ1v) is 11.6. The summed E-state index contributed by atoms with van der Waals surface area (Å²) in [5.41, 5.74) is 4.96. The van der Waals surface area contributed by atoms with Crippen molar-refractivity contribution < 1.29 is 13.9 Å². The van der Waals surface area contributed by atoms with Crippen LogP contribution in [0.4, 0.5) is 5.82 Å². The Bertz CT molecular complexity index is 1550. The molecular formula is C28H27N5O3. The quantitative estimate of drug-likeness (QED) is 0.296. The van der Waals surface area contributed by atoms with Gasteiger partial charge in [-0.2, -0.15) is 0 Å². The van der Waals surface area contributed by atoms with E-state index in [1.165, 1.54) is 0 Å². The fourth-order valence-electron chi connectivity index (χ4n) is 4.20. The highest BCUT2D eigenvalue weighted by Gasteiger charge is 2.15. The zero-order valence-corrected chi connectivity index (χ0v) is 20.9. The third-order valence-electron chi connectivity index (χ3n) is 6.02. The van der Waals surface area contributed by atoms with Crippen molar-refractivity contribution in [2.75, 3.05) is 19.5 Å². The summed E-state index contributed by atoms with van der Waals surface area (Å²) in [7, 11) is 3.24. The number of methoxy groups -OCH3 is 2. The van der Waals surface area contributed by atoms with E-state index in [4.69, 9.17) is 13.9 Å². The Morgan fingerprint density at radius 1 is 0.806 bits per heavy atom. The zero-order valence-electron chi connectivity index (χ0n) is 20.9. The van der Waals surface area contributed by atoms with Gasteiger partial charge in [-0.1, -0.05) is 30.3 Å². The number of hydrogen-bond donors (Lipinski definition) is 1. The average molecular weight is 482 g/mol. The summed E-state index contributed by atoms with van der Waals surface area (Å²) in [6.07, 6.45) is 0. The summed E-state index contributed by atoms with van der Waals surface area (Å²) in [6, 6.07) is 20.3. The maximum Gasteiger partial charge on any atom is 0.247 e. The first-order chi connectivity index (χ1) is 17.4. The van der Waals surface area contributed by atoms with Crippen molar-refractivity contribution in [1.29, 1.82) is 0 Å². The van der Waals surface area contributed by atoms with Crippen molar-refractivity contribution in [1.82, 2.24) is 20.2 Å². The molecule has 5 aromatic rings. The van der Waals surface area contributed by atoms with Crippen LogP contribution in [0.2, 0.25) is 0 Å². The summed E-state index contributed by atoms with van der Waals surface area (Å²) in [5.74, 6) is 3.73. The van der Waals surface area contributed by atoms with Crippen LogP contribution >= 0.6 is 0 Å². The molecule has 1 atom stereocenters. The number of aromatic nitrogens is 4. The number of hydrogen-bond acceptors (Lipinski definition) is 8. The molecule has 8 nitrogen and oxygen atoms in total. The van der Waals surface area contributed by atoms with E-state index >= 15 is 0 Å². The van der Waals surface area contributed by atoms with Gasteiger partial charge in [0.05, 0.1) is 19.7 Å². The lowest BCUT2D eigenvalue weighted by molar-refractivity contribution is 0.356. The minimum atomic E-state index is -0.0164. The molecular weight excluding hydrogens is 454 g/mol. The Hall–Kier alpha value is -4.46. The van der Waals surface area contributed by atoms with Crippen LogP contribution in [0.3, 0.4) is 0 Å². The molecule has 2 aromatic heterocycles. The van der Waals surface area contributed by atoms with Crippen LogP contribution in [0, 0.1) is 13.8 Å². The average Bonchev–Trinajstić information content (AvgIpc) is 3.34. The van der Waals surface area contributed by atoms with E-state index in [1.807, 2.05) is 31.2 Å². The first-order valence-electron chi connectivity index (χ1n) is 11.6. The van der Waals surface area contributed by atoms with Crippen LogP contribution in [0.5, 0.6) is 11.5 Å². The van der Waals surface area contributed by atoms with Gasteiger partial charge in [-0.25, -0.2) is 9.97 Å². The molecule has 36 heavy (non-hydrogen) atoms. The molecule has 0 amide bonds. The highest BCUT2D eigenvalue weighted by atomic mass is 16.5. The third kappa shape index (κ3) is 4.57. The topological polar surface area (TPSA) is 95.2 Å². The second kappa shape index (κ2) is 9.65. The summed E-state index contributed by atoms with van der Waals surface area (Å²) in [6.45, 7) is 5.78. The van der Waals surface area contributed by atoms with E-state index in [1.54, 1.807) is 21.1 Å². The van der Waals surface area contributed by atoms with Crippen molar-refractivity contribution in [2.24, 2.45) is 0 Å². The molecule has 8 heteroatoms. The van der Waals surface area contributed by atoms with Crippen LogP contribution in [-0.4, -0.2) is 34.4 Å². The van der Waals surface area contributed by atoms with Gasteiger partial charge < -0.3 is 19.2 Å². The predicted octanol–water partition coefficient (Wildman–Crippen LogP) is 6.15. The summed E-state index contributed by atoms with van der Waals surface area (Å²) >= 11 is 0. The maximum absolute atomic E-state index is 5.60. The summed E-state index contributed by atoms with van der Waals surface area (Å²) in [5, 5.41) is 12.5. The molecule has 5 rings (SSSR count). The molecule has 0 saturated heterocycles. The van der Waals surface area contributed by atoms with Crippen LogP contribution in [0.25, 0.3) is 33.5 Å². The van der Waals surface area contributed by atoms with Gasteiger partial charge >= 0.3 is 0 Å². The molecule has 1 N–H and O–H groups in total. The van der Waals surface area contributed by atoms with Crippen LogP contribution in [-0.2, 0) is 0 Å². The van der Waals surface area contributed by atoms with Gasteiger partial charge in [-0.05, 0) is 54.8 Å². The van der Waals surface area contributed by atoms with Crippen molar-refractivity contribution >= 4 is 16.7 Å². The van der Waals surface area contributed by atoms with E-state index in [2.05, 4.69) is 68.8 Å². The molecule has 182 valence electrons. The number of benzene rings is 3. The fraction of sp³-hybridized carbons (Fsp3) is 0.214. The number of aryl methyl sites for hydroxylation is 2. The lowest BCUT2D eigenvalue weighted by Gasteiger charge is -2.18. The SMILES string of the molecule is COc1cc2nc(C)nc(NC(C)c3cccc(-c4cccc(-c5nnc(C)o5)c4)c3)c2cc1OC. The number of anilines is 1. The third-order valence-corrected chi connectivity index (χ3v) is 6.02. The molecule has 0 saturated carbocycles. The Morgan fingerprint density at radius 2 is 1.50 bits per heavy atom. The standard InChI is InChI=1S/C28H27N5O3/c1-16(29-27-23-14-25(34-4)26(35-5)15-24(23)30-17(2)31-27)19-8-6-9-20(12-19)21-10-7-11-22(13-21)28-33-32-18(3)36-28/h6-16H,1-5H3,(H,29,30,31). The highest BCUT2D eigenvalue weighted by molar-refractivity contribution is 5.92. The number of rotatable bonds is 7. The van der Waals surface area contributed by atoms with E-state index in [0.717, 1.165) is 39.0 Å². The monoisotopic (exact) mass is 481 g/mol. The van der Waals surface area contributed by atoms with Gasteiger partial charge in [0.25, 0.3) is 0 Å². The second-order valence-corrected chi connectivity index (χ2v) is 8.54. The minimum Gasteiger partial charge on any atom is -0.493 e. The summed E-state index contributed by atoms with van der Waals surface area (Å²) < 4.78 is 16.6. The number of nitrogens with zero attached hydrogens (tertiary/aromatic N) is 4. The highest BCUT2D eigenvalue weighted by Crippen LogP contribution is 2.35. The van der Waals surface area contributed by atoms with E-state index in [0.29, 0.717) is 29.1 Å². The van der Waals surface area contributed by atoms with Crippen LogP contribution < -0.4 is 14.8 Å². The lowest BCUT2D eigenvalue weighted by Crippen LogP contribution is -2.10. The molecule has 0 fully saturated rings. The number of fused-ring (bicyclic) bond motifs is 1. The molecule has 0 spiro atoms. The normalized spacial score (nSPS) is 11.9. The molecule has 1 unspecified atom stereocenters. The van der Waals surface area contributed by atoms with Gasteiger partial charge in [0, 0.05) is 30.0 Å². The molecule has 3 aromatic carbocycles. The minimum absolute atomic E-state index is 0.0164. The van der Waals surface area contributed by atoms with Crippen molar-refractivity contribution in [3.63, 3.8) is 0 Å². The fourth-order valence-corrected chi connectivity index (χ4v) is 4.20. The number of nitrogens with one attached hydrogen (secondary N) is 1. The Morgan fingerprint density at radius 3 is 2.22 bits per heavy atom. The Kier molecular flexibility index (Phi) is 6.25. The second-order valence-electron chi connectivity index (χ2n) is 8.54. The van der Waals surface area contributed by atoms with Gasteiger partial charge in [0.2, 0.25) is 11.8 Å². The zero-order chi connectivity index (χ0) is 25.2. The Labute approximate surface area is 209 Å². The van der Waals surface area contributed by atoms with Gasteiger partial charge in [0.1, 0.15) is 11.6 Å². The van der Waals surface area contributed by atoms with Crippen molar-refractivity contribution in [3.8, 4) is 34.1 Å². The first kappa shape index (κ1) is 23.3. The molecule has 2 heterocycles. The maximum atomic E-state index is 5.60. The summed E-state index contributed by atoms with van der Waals surface area (Å²) in [4.78, 5) is 9.27. The molecule has 0 aliphatic carbocycles. The molecule has 0 aliphatic rings. The van der Waals surface area contributed by atoms with Crippen LogP contribution in [0.15, 0.2) is 65.1 Å². The molecule has 0 radical (unpaired) electrons. The van der Waals surface area contributed by atoms with E-state index in [-0.39, 0.29) is 6.04 Å². The van der Waals surface area contributed by atoms with E-state index in [9.17, 15) is 0 Å². The van der Waals surface area contributed by atoms with Gasteiger partial charge in [0.15, 0.2) is 11.5 Å². The molecule has 0 aliphatic heterocycles. The van der Waals surface area contributed by atoms with Crippen LogP contribution in [0.1, 0.15) is 30.2 Å². The largest absolute Gasteiger partial charge is 0.493 e. The Balaban J connectivity index is 1.46. The smallest absolute Gasteiger partial charge is 0.247 e. The lowest BCUT2D eigenvalue weighted by atomic mass is 9.98.